The maximum atomic E-state index is 5.15. The molecule has 16 heavy (non-hydrogen) atoms. The normalized spacial score (nSPS) is 17.8. The summed E-state index contributed by atoms with van der Waals surface area (Å²) in [4.78, 5) is 4.13. The molecular weight excluding hydrogens is 202 g/mol. The zero-order chi connectivity index (χ0) is 11.2. The highest BCUT2D eigenvalue weighted by Crippen LogP contribution is 2.17. The average molecular weight is 221 g/mol. The maximum Gasteiger partial charge on any atom is 0.139 e. The second-order valence-corrected chi connectivity index (χ2v) is 4.13. The van der Waals surface area contributed by atoms with Crippen LogP contribution in [-0.2, 0) is 0 Å². The lowest BCUT2D eigenvalue weighted by molar-refractivity contribution is 0.343. The van der Waals surface area contributed by atoms with Gasteiger partial charge in [-0.15, -0.1) is 0 Å². The van der Waals surface area contributed by atoms with Crippen LogP contribution in [0, 0.1) is 0 Å². The van der Waals surface area contributed by atoms with E-state index in [4.69, 9.17) is 4.74 Å². The van der Waals surface area contributed by atoms with Gasteiger partial charge in [0.15, 0.2) is 0 Å². The van der Waals surface area contributed by atoms with Crippen LogP contribution in [0.25, 0.3) is 0 Å². The number of ether oxygens (including phenoxy) is 1. The van der Waals surface area contributed by atoms with E-state index in [0.717, 1.165) is 24.5 Å². The number of hydrazine groups is 1. The maximum absolute atomic E-state index is 5.15. The molecule has 0 radical (unpaired) electrons. The topological polar surface area (TPSA) is 37.4 Å². The summed E-state index contributed by atoms with van der Waals surface area (Å²) < 4.78 is 5.15. The van der Waals surface area contributed by atoms with Crippen LogP contribution in [0.3, 0.4) is 0 Å². The minimum Gasteiger partial charge on any atom is -0.495 e. The van der Waals surface area contributed by atoms with Crippen molar-refractivity contribution in [1.82, 2.24) is 9.99 Å². The molecule has 4 heteroatoms. The molecule has 2 heterocycles. The largest absolute Gasteiger partial charge is 0.495 e. The molecule has 0 aromatic carbocycles. The third-order valence-electron chi connectivity index (χ3n) is 2.84. The lowest BCUT2D eigenvalue weighted by Gasteiger charge is -2.22. The molecule has 0 aliphatic carbocycles. The first kappa shape index (κ1) is 11.2. The smallest absolute Gasteiger partial charge is 0.139 e. The predicted octanol–water partition coefficient (Wildman–Crippen LogP) is 2.29. The fourth-order valence-corrected chi connectivity index (χ4v) is 1.96. The Kier molecular flexibility index (Phi) is 3.99. The molecule has 0 bridgehead atoms. The Morgan fingerprint density at radius 2 is 1.94 bits per heavy atom. The second kappa shape index (κ2) is 5.70. The molecule has 1 aliphatic rings. The molecule has 0 saturated carbocycles. The summed E-state index contributed by atoms with van der Waals surface area (Å²) in [7, 11) is 1.66. The number of rotatable bonds is 3. The summed E-state index contributed by atoms with van der Waals surface area (Å²) in [6.07, 6.45) is 8.76. The SMILES string of the molecule is COc1cncc(NN2CCCCCC2)c1. The van der Waals surface area contributed by atoms with E-state index in [2.05, 4.69) is 15.4 Å². The molecule has 0 amide bonds. The molecule has 0 unspecified atom stereocenters. The van der Waals surface area contributed by atoms with Crippen molar-refractivity contribution in [1.29, 1.82) is 0 Å². The van der Waals surface area contributed by atoms with Crippen LogP contribution in [0.15, 0.2) is 18.5 Å². The highest BCUT2D eigenvalue weighted by atomic mass is 16.5. The number of nitrogens with one attached hydrogen (secondary N) is 1. The summed E-state index contributed by atoms with van der Waals surface area (Å²) in [5.41, 5.74) is 4.39. The third-order valence-corrected chi connectivity index (χ3v) is 2.84. The Morgan fingerprint density at radius 1 is 1.19 bits per heavy atom. The molecule has 88 valence electrons. The first-order chi connectivity index (χ1) is 7.88. The molecule has 0 spiro atoms. The van der Waals surface area contributed by atoms with Crippen LogP contribution in [0.2, 0.25) is 0 Å². The lowest BCUT2D eigenvalue weighted by atomic mass is 10.2. The van der Waals surface area contributed by atoms with Crippen LogP contribution in [0.1, 0.15) is 25.7 Å². The van der Waals surface area contributed by atoms with Crippen molar-refractivity contribution in [3.63, 3.8) is 0 Å². The molecule has 1 fully saturated rings. The Bertz CT molecular complexity index is 322. The first-order valence-corrected chi connectivity index (χ1v) is 5.89. The molecule has 1 aromatic heterocycles. The molecule has 4 nitrogen and oxygen atoms in total. The van der Waals surface area contributed by atoms with Crippen LogP contribution >= 0.6 is 0 Å². The molecule has 1 N–H and O–H groups in total. The van der Waals surface area contributed by atoms with E-state index >= 15 is 0 Å². The second-order valence-electron chi connectivity index (χ2n) is 4.13. The summed E-state index contributed by atoms with van der Waals surface area (Å²) in [5.74, 6) is 0.792. The van der Waals surface area contributed by atoms with Crippen LogP contribution < -0.4 is 10.2 Å². The Hall–Kier alpha value is -1.29. The van der Waals surface area contributed by atoms with E-state index in [-0.39, 0.29) is 0 Å². The van der Waals surface area contributed by atoms with Gasteiger partial charge in [0, 0.05) is 19.2 Å². The Balaban J connectivity index is 1.96. The van der Waals surface area contributed by atoms with Crippen LogP contribution in [0.5, 0.6) is 5.75 Å². The number of hydrogen-bond acceptors (Lipinski definition) is 4. The van der Waals surface area contributed by atoms with E-state index in [1.165, 1.54) is 25.7 Å². The number of hydrogen-bond donors (Lipinski definition) is 1. The van der Waals surface area contributed by atoms with Gasteiger partial charge in [-0.25, -0.2) is 5.01 Å². The van der Waals surface area contributed by atoms with Crippen LogP contribution in [-0.4, -0.2) is 30.2 Å². The van der Waals surface area contributed by atoms with Crippen molar-refractivity contribution < 1.29 is 4.74 Å². The summed E-state index contributed by atoms with van der Waals surface area (Å²) in [5, 5.41) is 2.27. The lowest BCUT2D eigenvalue weighted by Crippen LogP contribution is -2.30. The Morgan fingerprint density at radius 3 is 2.62 bits per heavy atom. The highest BCUT2D eigenvalue weighted by Gasteiger charge is 2.08. The zero-order valence-electron chi connectivity index (χ0n) is 9.78. The van der Waals surface area contributed by atoms with Crippen LogP contribution in [0.4, 0.5) is 5.69 Å². The number of anilines is 1. The number of nitrogens with zero attached hydrogens (tertiary/aromatic N) is 2. The van der Waals surface area contributed by atoms with Gasteiger partial charge < -0.3 is 10.2 Å². The highest BCUT2D eigenvalue weighted by molar-refractivity contribution is 5.44. The number of pyridine rings is 1. The van der Waals surface area contributed by atoms with Gasteiger partial charge in [0.25, 0.3) is 0 Å². The van der Waals surface area contributed by atoms with E-state index in [0.29, 0.717) is 0 Å². The van der Waals surface area contributed by atoms with Crippen molar-refractivity contribution in [2.24, 2.45) is 0 Å². The Labute approximate surface area is 96.6 Å². The van der Waals surface area contributed by atoms with Crippen molar-refractivity contribution >= 4 is 5.69 Å². The van der Waals surface area contributed by atoms with Gasteiger partial charge in [-0.3, -0.25) is 4.98 Å². The first-order valence-electron chi connectivity index (χ1n) is 5.89. The molecule has 1 aromatic rings. The standard InChI is InChI=1S/C12H19N3O/c1-16-12-8-11(9-13-10-12)14-15-6-4-2-3-5-7-15/h8-10,14H,2-7H2,1H3. The van der Waals surface area contributed by atoms with E-state index < -0.39 is 0 Å². The van der Waals surface area contributed by atoms with E-state index in [9.17, 15) is 0 Å². The summed E-state index contributed by atoms with van der Waals surface area (Å²) in [6.45, 7) is 2.22. The molecular formula is C12H19N3O. The van der Waals surface area contributed by atoms with E-state index in [1.54, 1.807) is 13.3 Å². The van der Waals surface area contributed by atoms with Gasteiger partial charge in [0.05, 0.1) is 25.2 Å². The van der Waals surface area contributed by atoms with Crippen molar-refractivity contribution in [3.8, 4) is 5.75 Å². The third kappa shape index (κ3) is 3.10. The van der Waals surface area contributed by atoms with Gasteiger partial charge in [-0.05, 0) is 12.8 Å². The fourth-order valence-electron chi connectivity index (χ4n) is 1.96. The molecule has 1 saturated heterocycles. The fraction of sp³-hybridized carbons (Fsp3) is 0.583. The van der Waals surface area contributed by atoms with Gasteiger partial charge in [-0.1, -0.05) is 12.8 Å². The summed E-state index contributed by atoms with van der Waals surface area (Å²) >= 11 is 0. The minimum atomic E-state index is 0.792. The monoisotopic (exact) mass is 221 g/mol. The van der Waals surface area contributed by atoms with Crippen molar-refractivity contribution in [3.05, 3.63) is 18.5 Å². The molecule has 2 rings (SSSR count). The minimum absolute atomic E-state index is 0.792. The molecule has 0 atom stereocenters. The number of aromatic nitrogens is 1. The van der Waals surface area contributed by atoms with Gasteiger partial charge in [0.1, 0.15) is 5.75 Å². The summed E-state index contributed by atoms with van der Waals surface area (Å²) in [6, 6.07) is 1.97. The van der Waals surface area contributed by atoms with Gasteiger partial charge >= 0.3 is 0 Å². The van der Waals surface area contributed by atoms with Gasteiger partial charge in [0.2, 0.25) is 0 Å². The predicted molar refractivity (Wildman–Crippen MR) is 64.5 cm³/mol. The van der Waals surface area contributed by atoms with Crippen molar-refractivity contribution in [2.45, 2.75) is 25.7 Å². The van der Waals surface area contributed by atoms with Gasteiger partial charge in [-0.2, -0.15) is 0 Å². The van der Waals surface area contributed by atoms with Crippen molar-refractivity contribution in [2.75, 3.05) is 25.6 Å². The molecule has 1 aliphatic heterocycles. The average Bonchev–Trinajstić information content (AvgIpc) is 2.58. The number of methoxy groups -OCH3 is 1. The quantitative estimate of drug-likeness (QED) is 0.849. The van der Waals surface area contributed by atoms with E-state index in [1.807, 2.05) is 12.3 Å². The zero-order valence-corrected chi connectivity index (χ0v) is 9.78.